The van der Waals surface area contributed by atoms with Gasteiger partial charge < -0.3 is 38.3 Å². The van der Waals surface area contributed by atoms with Gasteiger partial charge in [-0.3, -0.25) is 19.4 Å². The Balaban J connectivity index is 4.41. The summed E-state index contributed by atoms with van der Waals surface area (Å²) in [6.07, 6.45) is 0.464. The first-order chi connectivity index (χ1) is 13.0. The molecule has 0 spiro atoms. The number of aliphatic carboxylic acids is 1. The molecule has 3 unspecified atom stereocenters. The minimum Gasteiger partial charge on any atom is -0.480 e. The molecule has 3 atom stereocenters. The molecule has 28 heavy (non-hydrogen) atoms. The highest BCUT2D eigenvalue weighted by Gasteiger charge is 2.23. The second kappa shape index (κ2) is 12.5. The number of carbonyl (C=O) groups excluding carboxylic acids is 3. The van der Waals surface area contributed by atoms with E-state index in [1.165, 1.54) is 6.92 Å². The molecular weight excluding hydrogens is 370 g/mol. The first-order valence-electron chi connectivity index (χ1n) is 8.86. The van der Waals surface area contributed by atoms with E-state index in [0.717, 1.165) is 0 Å². The van der Waals surface area contributed by atoms with E-state index in [0.29, 0.717) is 6.42 Å². The smallest absolute Gasteiger partial charge is 0.326 e. The number of hydrogen-bond acceptors (Lipinski definition) is 6. The number of guanidine groups is 1. The molecule has 0 saturated heterocycles. The summed E-state index contributed by atoms with van der Waals surface area (Å²) in [5, 5.41) is 16.2. The van der Waals surface area contributed by atoms with Crippen LogP contribution in [0.1, 0.15) is 33.6 Å². The maximum absolute atomic E-state index is 12.0. The minimum absolute atomic E-state index is 0.0963. The van der Waals surface area contributed by atoms with Crippen LogP contribution in [-0.2, 0) is 19.2 Å². The molecule has 0 aromatic heterocycles. The van der Waals surface area contributed by atoms with Crippen LogP contribution < -0.4 is 33.2 Å². The highest BCUT2D eigenvalue weighted by molar-refractivity contribution is 5.92. The van der Waals surface area contributed by atoms with Gasteiger partial charge in [-0.15, -0.1) is 0 Å². The lowest BCUT2D eigenvalue weighted by molar-refractivity contribution is -0.142. The molecule has 0 radical (unpaired) electrons. The summed E-state index contributed by atoms with van der Waals surface area (Å²) in [6.45, 7) is 4.79. The molecule has 0 bridgehead atoms. The predicted molar refractivity (Wildman–Crippen MR) is 103 cm³/mol. The molecule has 0 rings (SSSR count). The minimum atomic E-state index is -1.22. The fourth-order valence-electron chi connectivity index (χ4n) is 2.00. The summed E-state index contributed by atoms with van der Waals surface area (Å²) < 4.78 is 0. The molecule has 0 aliphatic carbocycles. The summed E-state index contributed by atoms with van der Waals surface area (Å²) in [5.74, 6) is -3.17. The van der Waals surface area contributed by atoms with Crippen LogP contribution in [0.2, 0.25) is 0 Å². The number of hydrogen-bond donors (Lipinski definition) is 7. The Kier molecular flexibility index (Phi) is 11.2. The first kappa shape index (κ1) is 25.1. The van der Waals surface area contributed by atoms with Gasteiger partial charge in [-0.1, -0.05) is 13.8 Å². The summed E-state index contributed by atoms with van der Waals surface area (Å²) in [7, 11) is 0. The van der Waals surface area contributed by atoms with E-state index in [9.17, 15) is 19.2 Å². The molecule has 0 aliphatic rings. The maximum atomic E-state index is 12.0. The van der Waals surface area contributed by atoms with Crippen molar-refractivity contribution in [1.82, 2.24) is 16.0 Å². The van der Waals surface area contributed by atoms with Crippen molar-refractivity contribution in [3.8, 4) is 0 Å². The zero-order valence-electron chi connectivity index (χ0n) is 16.4. The SMILES string of the molecule is CC(NC(=O)C(N)C(C)C)C(=O)NCC(=O)NC(CCCN=C(N)N)C(=O)O. The van der Waals surface area contributed by atoms with E-state index in [4.69, 9.17) is 22.3 Å². The lowest BCUT2D eigenvalue weighted by atomic mass is 10.0. The largest absolute Gasteiger partial charge is 0.480 e. The van der Waals surface area contributed by atoms with Crippen molar-refractivity contribution in [3.63, 3.8) is 0 Å². The fourth-order valence-corrected chi connectivity index (χ4v) is 2.00. The number of aliphatic imine (C=N–C) groups is 1. The average molecular weight is 401 g/mol. The number of carboxylic acids is 1. The van der Waals surface area contributed by atoms with Gasteiger partial charge in [0.05, 0.1) is 12.6 Å². The number of rotatable bonds is 12. The molecule has 0 heterocycles. The normalized spacial score (nSPS) is 13.8. The Morgan fingerprint density at radius 2 is 1.64 bits per heavy atom. The quantitative estimate of drug-likeness (QED) is 0.103. The lowest BCUT2D eigenvalue weighted by Crippen LogP contribution is -2.53. The summed E-state index contributed by atoms with van der Waals surface area (Å²) in [4.78, 5) is 50.6. The topological polar surface area (TPSA) is 215 Å². The number of amides is 3. The van der Waals surface area contributed by atoms with Crippen molar-refractivity contribution in [2.75, 3.05) is 13.1 Å². The van der Waals surface area contributed by atoms with Crippen LogP contribution in [0.4, 0.5) is 0 Å². The van der Waals surface area contributed by atoms with E-state index in [1.807, 2.05) is 0 Å². The van der Waals surface area contributed by atoms with Crippen molar-refractivity contribution < 1.29 is 24.3 Å². The molecule has 160 valence electrons. The Morgan fingerprint density at radius 1 is 1.04 bits per heavy atom. The van der Waals surface area contributed by atoms with Crippen LogP contribution in [0.3, 0.4) is 0 Å². The summed E-state index contributed by atoms with van der Waals surface area (Å²) in [5.41, 5.74) is 16.0. The summed E-state index contributed by atoms with van der Waals surface area (Å²) in [6, 6.07) is -2.80. The second-order valence-electron chi connectivity index (χ2n) is 6.63. The Hall–Kier alpha value is -2.89. The third-order valence-corrected chi connectivity index (χ3v) is 3.77. The van der Waals surface area contributed by atoms with E-state index in [1.54, 1.807) is 13.8 Å². The van der Waals surface area contributed by atoms with Gasteiger partial charge >= 0.3 is 5.97 Å². The van der Waals surface area contributed by atoms with E-state index in [2.05, 4.69) is 20.9 Å². The number of nitrogens with one attached hydrogen (secondary N) is 3. The van der Waals surface area contributed by atoms with Crippen LogP contribution >= 0.6 is 0 Å². The van der Waals surface area contributed by atoms with Gasteiger partial charge in [0.1, 0.15) is 12.1 Å². The number of carboxylic acid groups (broad SMARTS) is 1. The van der Waals surface area contributed by atoms with Crippen molar-refractivity contribution in [1.29, 1.82) is 0 Å². The number of carbonyl (C=O) groups is 4. The molecule has 0 aliphatic heterocycles. The van der Waals surface area contributed by atoms with Crippen molar-refractivity contribution in [3.05, 3.63) is 0 Å². The Morgan fingerprint density at radius 3 is 2.14 bits per heavy atom. The first-order valence-corrected chi connectivity index (χ1v) is 8.86. The monoisotopic (exact) mass is 401 g/mol. The van der Waals surface area contributed by atoms with Crippen molar-refractivity contribution in [2.45, 2.75) is 51.7 Å². The van der Waals surface area contributed by atoms with Gasteiger partial charge in [0.2, 0.25) is 17.7 Å². The van der Waals surface area contributed by atoms with Gasteiger partial charge in [-0.2, -0.15) is 0 Å². The number of nitrogens with zero attached hydrogens (tertiary/aromatic N) is 1. The lowest BCUT2D eigenvalue weighted by Gasteiger charge is -2.19. The standard InChI is InChI=1S/C16H31N7O5/c1-8(2)12(17)14(26)22-9(3)13(25)21-7-11(24)23-10(15(27)28)5-4-6-20-16(18)19/h8-10,12H,4-7,17H2,1-3H3,(H,21,25)(H,22,26)(H,23,24)(H,27,28)(H4,18,19,20). The predicted octanol–water partition coefficient (Wildman–Crippen LogP) is -2.79. The number of nitrogens with two attached hydrogens (primary N) is 3. The van der Waals surface area contributed by atoms with Crippen LogP contribution in [0.25, 0.3) is 0 Å². The zero-order chi connectivity index (χ0) is 21.9. The van der Waals surface area contributed by atoms with Crippen LogP contribution in [0.5, 0.6) is 0 Å². The van der Waals surface area contributed by atoms with E-state index < -0.39 is 48.4 Å². The van der Waals surface area contributed by atoms with E-state index in [-0.39, 0.29) is 24.8 Å². The molecule has 0 fully saturated rings. The van der Waals surface area contributed by atoms with Gasteiger partial charge in [0.15, 0.2) is 5.96 Å². The van der Waals surface area contributed by atoms with Crippen LogP contribution in [-0.4, -0.2) is 66.0 Å². The third kappa shape index (κ3) is 10.3. The third-order valence-electron chi connectivity index (χ3n) is 3.77. The summed E-state index contributed by atoms with van der Waals surface area (Å²) >= 11 is 0. The maximum Gasteiger partial charge on any atom is 0.326 e. The van der Waals surface area contributed by atoms with Crippen molar-refractivity contribution in [2.24, 2.45) is 28.1 Å². The zero-order valence-corrected chi connectivity index (χ0v) is 16.4. The molecule has 12 heteroatoms. The molecule has 0 aromatic rings. The average Bonchev–Trinajstić information content (AvgIpc) is 2.60. The molecule has 12 nitrogen and oxygen atoms in total. The van der Waals surface area contributed by atoms with Crippen LogP contribution in [0, 0.1) is 5.92 Å². The van der Waals surface area contributed by atoms with Gasteiger partial charge in [0.25, 0.3) is 0 Å². The molecule has 3 amide bonds. The highest BCUT2D eigenvalue weighted by Crippen LogP contribution is 1.99. The highest BCUT2D eigenvalue weighted by atomic mass is 16.4. The Bertz CT molecular complexity index is 590. The Labute approximate surface area is 163 Å². The van der Waals surface area contributed by atoms with Crippen molar-refractivity contribution >= 4 is 29.7 Å². The fraction of sp³-hybridized carbons (Fsp3) is 0.688. The van der Waals surface area contributed by atoms with Gasteiger partial charge in [0, 0.05) is 6.54 Å². The van der Waals surface area contributed by atoms with Crippen LogP contribution in [0.15, 0.2) is 4.99 Å². The molecule has 0 aromatic carbocycles. The second-order valence-corrected chi connectivity index (χ2v) is 6.63. The molecular formula is C16H31N7O5. The van der Waals surface area contributed by atoms with E-state index >= 15 is 0 Å². The molecule has 0 saturated carbocycles. The van der Waals surface area contributed by atoms with Gasteiger partial charge in [-0.25, -0.2) is 4.79 Å². The molecule has 10 N–H and O–H groups in total. The van der Waals surface area contributed by atoms with Gasteiger partial charge in [-0.05, 0) is 25.7 Å².